The topological polar surface area (TPSA) is 88.2 Å². The number of carbonyl (C=O) groups excluding carboxylic acids is 1. The van der Waals surface area contributed by atoms with Crippen molar-refractivity contribution in [1.29, 1.82) is 0 Å². The van der Waals surface area contributed by atoms with Crippen LogP contribution in [-0.4, -0.2) is 70.6 Å². The minimum Gasteiger partial charge on any atom is -0.493 e. The molecule has 1 amide bonds. The van der Waals surface area contributed by atoms with Crippen LogP contribution in [0.15, 0.2) is 83.8 Å². The van der Waals surface area contributed by atoms with Gasteiger partial charge in [0.2, 0.25) is 15.9 Å². The van der Waals surface area contributed by atoms with Crippen molar-refractivity contribution < 1.29 is 22.7 Å². The Bertz CT molecular complexity index is 1280. The first-order chi connectivity index (χ1) is 17.9. The van der Waals surface area contributed by atoms with Gasteiger partial charge in [0, 0.05) is 38.8 Å². The van der Waals surface area contributed by atoms with E-state index in [1.165, 1.54) is 38.0 Å². The Labute approximate surface area is 218 Å². The summed E-state index contributed by atoms with van der Waals surface area (Å²) in [6.45, 7) is 3.34. The van der Waals surface area contributed by atoms with E-state index in [9.17, 15) is 13.2 Å². The average Bonchev–Trinajstić information content (AvgIpc) is 2.93. The molecule has 8 nitrogen and oxygen atoms in total. The zero-order valence-corrected chi connectivity index (χ0v) is 22.0. The van der Waals surface area contributed by atoms with Crippen LogP contribution in [0.25, 0.3) is 0 Å². The summed E-state index contributed by atoms with van der Waals surface area (Å²) >= 11 is 0. The maximum absolute atomic E-state index is 13.6. The molecular formula is C28H33N3O5S. The minimum atomic E-state index is -4.02. The van der Waals surface area contributed by atoms with E-state index in [0.29, 0.717) is 24.6 Å². The smallest absolute Gasteiger partial charge is 0.241 e. The molecule has 0 saturated carbocycles. The first-order valence-electron chi connectivity index (χ1n) is 12.2. The number of rotatable bonds is 10. The summed E-state index contributed by atoms with van der Waals surface area (Å²) in [6.07, 6.45) is 0.246. The lowest BCUT2D eigenvalue weighted by molar-refractivity contribution is -0.134. The maximum atomic E-state index is 13.6. The first kappa shape index (κ1) is 26.7. The third-order valence-corrected chi connectivity index (χ3v) is 7.95. The molecule has 1 N–H and O–H groups in total. The molecule has 4 rings (SSSR count). The number of nitrogens with one attached hydrogen (secondary N) is 1. The highest BCUT2D eigenvalue weighted by molar-refractivity contribution is 7.89. The molecule has 3 aromatic carbocycles. The molecule has 37 heavy (non-hydrogen) atoms. The van der Waals surface area contributed by atoms with E-state index in [1.807, 2.05) is 48.5 Å². The highest BCUT2D eigenvalue weighted by Crippen LogP contribution is 2.29. The predicted molar refractivity (Wildman–Crippen MR) is 142 cm³/mol. The Morgan fingerprint density at radius 3 is 2.03 bits per heavy atom. The van der Waals surface area contributed by atoms with Crippen LogP contribution < -0.4 is 14.2 Å². The molecule has 1 saturated heterocycles. The van der Waals surface area contributed by atoms with Crippen molar-refractivity contribution in [3.8, 4) is 11.5 Å². The van der Waals surface area contributed by atoms with Gasteiger partial charge in [0.25, 0.3) is 0 Å². The molecule has 1 aliphatic heterocycles. The van der Waals surface area contributed by atoms with E-state index < -0.39 is 16.1 Å². The number of piperazine rings is 1. The van der Waals surface area contributed by atoms with Crippen molar-refractivity contribution in [2.45, 2.75) is 23.9 Å². The van der Waals surface area contributed by atoms with Gasteiger partial charge in [0.1, 0.15) is 6.04 Å². The zero-order valence-electron chi connectivity index (χ0n) is 21.2. The van der Waals surface area contributed by atoms with Gasteiger partial charge in [0.05, 0.1) is 19.1 Å². The largest absolute Gasteiger partial charge is 0.493 e. The zero-order chi connectivity index (χ0) is 26.3. The van der Waals surface area contributed by atoms with Gasteiger partial charge in [0.15, 0.2) is 11.5 Å². The molecule has 9 heteroatoms. The number of amides is 1. The van der Waals surface area contributed by atoms with Gasteiger partial charge >= 0.3 is 0 Å². The Balaban J connectivity index is 1.49. The van der Waals surface area contributed by atoms with Gasteiger partial charge in [-0.3, -0.25) is 9.69 Å². The molecular weight excluding hydrogens is 490 g/mol. The summed E-state index contributed by atoms with van der Waals surface area (Å²) in [5, 5.41) is 0. The SMILES string of the molecule is COc1ccc(S(=O)(=O)N[C@H](Cc2ccccc2)C(=O)N2CCN(Cc3ccccc3)CC2)cc1OC. The fraction of sp³-hybridized carbons (Fsp3) is 0.321. The Morgan fingerprint density at radius 1 is 0.838 bits per heavy atom. The summed E-state index contributed by atoms with van der Waals surface area (Å²) in [5.74, 6) is 0.491. The number of benzene rings is 3. The quantitative estimate of drug-likeness (QED) is 0.440. The lowest BCUT2D eigenvalue weighted by atomic mass is 10.1. The van der Waals surface area contributed by atoms with Crippen LogP contribution in [0, 0.1) is 0 Å². The number of sulfonamides is 1. The van der Waals surface area contributed by atoms with E-state index in [-0.39, 0.29) is 17.2 Å². The molecule has 0 bridgehead atoms. The molecule has 0 radical (unpaired) electrons. The van der Waals surface area contributed by atoms with Crippen molar-refractivity contribution in [3.05, 3.63) is 90.0 Å². The molecule has 1 aliphatic rings. The molecule has 0 aliphatic carbocycles. The second-order valence-corrected chi connectivity index (χ2v) is 10.7. The minimum absolute atomic E-state index is 0.00342. The van der Waals surface area contributed by atoms with Gasteiger partial charge in [-0.05, 0) is 29.7 Å². The van der Waals surface area contributed by atoms with E-state index >= 15 is 0 Å². The molecule has 0 spiro atoms. The van der Waals surface area contributed by atoms with Crippen LogP contribution in [0.5, 0.6) is 11.5 Å². The fourth-order valence-corrected chi connectivity index (χ4v) is 5.66. The predicted octanol–water partition coefficient (Wildman–Crippen LogP) is 2.94. The molecule has 0 aromatic heterocycles. The average molecular weight is 524 g/mol. The Kier molecular flexibility index (Phi) is 8.81. The Hall–Kier alpha value is -3.40. The van der Waals surface area contributed by atoms with E-state index in [2.05, 4.69) is 21.8 Å². The van der Waals surface area contributed by atoms with E-state index in [0.717, 1.165) is 25.2 Å². The number of nitrogens with zero attached hydrogens (tertiary/aromatic N) is 2. The van der Waals surface area contributed by atoms with Crippen molar-refractivity contribution in [2.75, 3.05) is 40.4 Å². The summed E-state index contributed by atoms with van der Waals surface area (Å²) in [6, 6.07) is 23.1. The fourth-order valence-electron chi connectivity index (χ4n) is 4.46. The highest BCUT2D eigenvalue weighted by atomic mass is 32.2. The summed E-state index contributed by atoms with van der Waals surface area (Å²) in [5.41, 5.74) is 2.10. The van der Waals surface area contributed by atoms with Crippen LogP contribution in [0.4, 0.5) is 0 Å². The molecule has 196 valence electrons. The molecule has 3 aromatic rings. The van der Waals surface area contributed by atoms with Crippen molar-refractivity contribution in [2.24, 2.45) is 0 Å². The van der Waals surface area contributed by atoms with Gasteiger partial charge in [-0.2, -0.15) is 4.72 Å². The Morgan fingerprint density at radius 2 is 1.43 bits per heavy atom. The van der Waals surface area contributed by atoms with Crippen LogP contribution in [-0.2, 0) is 27.8 Å². The van der Waals surface area contributed by atoms with Crippen molar-refractivity contribution in [3.63, 3.8) is 0 Å². The molecule has 0 unspecified atom stereocenters. The standard InChI is InChI=1S/C28H33N3O5S/c1-35-26-14-13-24(20-27(26)36-2)37(33,34)29-25(19-22-9-5-3-6-10-22)28(32)31-17-15-30(16-18-31)21-23-11-7-4-8-12-23/h3-14,20,25,29H,15-19,21H2,1-2H3/t25-/m1/s1. The third kappa shape index (κ3) is 6.88. The second kappa shape index (κ2) is 12.2. The van der Waals surface area contributed by atoms with Crippen LogP contribution in [0.2, 0.25) is 0 Å². The van der Waals surface area contributed by atoms with E-state index in [1.54, 1.807) is 4.90 Å². The summed E-state index contributed by atoms with van der Waals surface area (Å²) in [7, 11) is -1.09. The number of hydrogen-bond donors (Lipinski definition) is 1. The highest BCUT2D eigenvalue weighted by Gasteiger charge is 2.31. The van der Waals surface area contributed by atoms with Crippen molar-refractivity contribution in [1.82, 2.24) is 14.5 Å². The molecule has 1 fully saturated rings. The van der Waals surface area contributed by atoms with Crippen LogP contribution >= 0.6 is 0 Å². The normalized spacial score (nSPS) is 15.2. The number of methoxy groups -OCH3 is 2. The van der Waals surface area contributed by atoms with E-state index in [4.69, 9.17) is 9.47 Å². The van der Waals surface area contributed by atoms with Gasteiger partial charge in [-0.15, -0.1) is 0 Å². The first-order valence-corrected chi connectivity index (χ1v) is 13.7. The summed E-state index contributed by atoms with van der Waals surface area (Å²) in [4.78, 5) is 17.7. The van der Waals surface area contributed by atoms with Crippen LogP contribution in [0.3, 0.4) is 0 Å². The number of carbonyl (C=O) groups is 1. The van der Waals surface area contributed by atoms with Gasteiger partial charge in [-0.1, -0.05) is 60.7 Å². The summed E-state index contributed by atoms with van der Waals surface area (Å²) < 4.78 is 39.9. The third-order valence-electron chi connectivity index (χ3n) is 6.48. The maximum Gasteiger partial charge on any atom is 0.241 e. The monoisotopic (exact) mass is 523 g/mol. The second-order valence-electron chi connectivity index (χ2n) is 8.97. The molecule has 1 heterocycles. The number of ether oxygens (including phenoxy) is 2. The lowest BCUT2D eigenvalue weighted by Gasteiger charge is -2.36. The van der Waals surface area contributed by atoms with Gasteiger partial charge in [-0.25, -0.2) is 8.42 Å². The lowest BCUT2D eigenvalue weighted by Crippen LogP contribution is -2.55. The van der Waals surface area contributed by atoms with Crippen molar-refractivity contribution >= 4 is 15.9 Å². The van der Waals surface area contributed by atoms with Gasteiger partial charge < -0.3 is 14.4 Å². The number of hydrogen-bond acceptors (Lipinski definition) is 6. The molecule has 1 atom stereocenters. The van der Waals surface area contributed by atoms with Crippen LogP contribution in [0.1, 0.15) is 11.1 Å².